The zero-order valence-corrected chi connectivity index (χ0v) is 16.5. The molecule has 0 aromatic carbocycles. The molecule has 0 bridgehead atoms. The van der Waals surface area contributed by atoms with E-state index in [0.29, 0.717) is 0 Å². The fourth-order valence-corrected chi connectivity index (χ4v) is 3.33. The van der Waals surface area contributed by atoms with Crippen molar-refractivity contribution >= 4 is 0 Å². The molecule has 0 aromatic rings. The lowest BCUT2D eigenvalue weighted by Crippen LogP contribution is -2.41. The lowest BCUT2D eigenvalue weighted by Gasteiger charge is -2.23. The smallest absolute Gasteiger partial charge is 0.149 e. The van der Waals surface area contributed by atoms with Crippen LogP contribution in [-0.4, -0.2) is 52.9 Å². The third-order valence-corrected chi connectivity index (χ3v) is 5.06. The van der Waals surface area contributed by atoms with Crippen LogP contribution in [0.25, 0.3) is 0 Å². The molecule has 26 heavy (non-hydrogen) atoms. The standard InChI is InChI=1S/C21H40O5/c1-2-3-4-5-6-7-8-9-10-11-12-13-14-15-25-19(16-22)21-20(24)18(23)17-26-21/h14-15,18-24H,2-13,16-17H2,1H3/b15-14+/t18-,19+,20-,21-/m1/s1. The van der Waals surface area contributed by atoms with Crippen LogP contribution in [0.2, 0.25) is 0 Å². The summed E-state index contributed by atoms with van der Waals surface area (Å²) in [4.78, 5) is 0. The predicted molar refractivity (Wildman–Crippen MR) is 104 cm³/mol. The molecular formula is C21H40O5. The van der Waals surface area contributed by atoms with Crippen molar-refractivity contribution in [2.75, 3.05) is 13.2 Å². The summed E-state index contributed by atoms with van der Waals surface area (Å²) in [5.41, 5.74) is 0. The zero-order valence-electron chi connectivity index (χ0n) is 16.5. The van der Waals surface area contributed by atoms with Crippen LogP contribution < -0.4 is 0 Å². The second-order valence-corrected chi connectivity index (χ2v) is 7.41. The Labute approximate surface area is 159 Å². The Balaban J connectivity index is 1.94. The molecular weight excluding hydrogens is 332 g/mol. The van der Waals surface area contributed by atoms with E-state index in [9.17, 15) is 15.3 Å². The lowest BCUT2D eigenvalue weighted by atomic mass is 10.1. The molecule has 0 aromatic heterocycles. The predicted octanol–water partition coefficient (Wildman–Crippen LogP) is 3.70. The molecule has 1 fully saturated rings. The SMILES string of the molecule is CCCCCCCCCCCCC/C=C/O[C@@H](CO)[C@H]1OC[C@@H](O)[C@H]1O. The first kappa shape index (κ1) is 23.4. The second-order valence-electron chi connectivity index (χ2n) is 7.41. The minimum Gasteiger partial charge on any atom is -0.493 e. The summed E-state index contributed by atoms with van der Waals surface area (Å²) in [5.74, 6) is 0. The van der Waals surface area contributed by atoms with Crippen molar-refractivity contribution in [3.8, 4) is 0 Å². The van der Waals surface area contributed by atoms with Crippen LogP contribution >= 0.6 is 0 Å². The van der Waals surface area contributed by atoms with Gasteiger partial charge in [-0.25, -0.2) is 0 Å². The largest absolute Gasteiger partial charge is 0.493 e. The number of rotatable bonds is 16. The van der Waals surface area contributed by atoms with E-state index in [1.165, 1.54) is 64.2 Å². The average molecular weight is 373 g/mol. The van der Waals surface area contributed by atoms with Gasteiger partial charge in [-0.05, 0) is 18.9 Å². The van der Waals surface area contributed by atoms with Gasteiger partial charge in [-0.15, -0.1) is 0 Å². The number of aliphatic hydroxyl groups excluding tert-OH is 3. The Morgan fingerprint density at radius 2 is 1.54 bits per heavy atom. The molecule has 0 saturated carbocycles. The first-order chi connectivity index (χ1) is 12.7. The third kappa shape index (κ3) is 9.91. The van der Waals surface area contributed by atoms with E-state index in [4.69, 9.17) is 9.47 Å². The Bertz CT molecular complexity index is 347. The molecule has 4 atom stereocenters. The van der Waals surface area contributed by atoms with Crippen molar-refractivity contribution in [1.82, 2.24) is 0 Å². The van der Waals surface area contributed by atoms with Crippen LogP contribution in [0.5, 0.6) is 0 Å². The van der Waals surface area contributed by atoms with Gasteiger partial charge in [0.05, 0.1) is 19.5 Å². The summed E-state index contributed by atoms with van der Waals surface area (Å²) in [6, 6.07) is 0. The normalized spacial score (nSPS) is 24.4. The molecule has 0 radical (unpaired) electrons. The van der Waals surface area contributed by atoms with Gasteiger partial charge in [0.25, 0.3) is 0 Å². The van der Waals surface area contributed by atoms with Gasteiger partial charge in [-0.1, -0.05) is 71.1 Å². The van der Waals surface area contributed by atoms with Gasteiger partial charge in [0.15, 0.2) is 0 Å². The molecule has 0 amide bonds. The maximum absolute atomic E-state index is 9.78. The van der Waals surface area contributed by atoms with Crippen LogP contribution in [0, 0.1) is 0 Å². The van der Waals surface area contributed by atoms with Crippen LogP contribution in [0.3, 0.4) is 0 Å². The van der Waals surface area contributed by atoms with E-state index in [-0.39, 0.29) is 13.2 Å². The van der Waals surface area contributed by atoms with Crippen molar-refractivity contribution < 1.29 is 24.8 Å². The van der Waals surface area contributed by atoms with Crippen LogP contribution in [-0.2, 0) is 9.47 Å². The highest BCUT2D eigenvalue weighted by Crippen LogP contribution is 2.19. The quantitative estimate of drug-likeness (QED) is 0.284. The van der Waals surface area contributed by atoms with Crippen LogP contribution in [0.4, 0.5) is 0 Å². The number of hydrogen-bond donors (Lipinski definition) is 3. The van der Waals surface area contributed by atoms with Gasteiger partial charge >= 0.3 is 0 Å². The fourth-order valence-electron chi connectivity index (χ4n) is 3.33. The Morgan fingerprint density at radius 3 is 2.04 bits per heavy atom. The molecule has 3 N–H and O–H groups in total. The van der Waals surface area contributed by atoms with Crippen molar-refractivity contribution in [2.45, 2.75) is 108 Å². The number of unbranched alkanes of at least 4 members (excludes halogenated alkanes) is 11. The second kappa shape index (κ2) is 15.4. The molecule has 1 saturated heterocycles. The monoisotopic (exact) mass is 372 g/mol. The summed E-state index contributed by atoms with van der Waals surface area (Å²) in [7, 11) is 0. The molecule has 5 heteroatoms. The Morgan fingerprint density at radius 1 is 0.962 bits per heavy atom. The highest BCUT2D eigenvalue weighted by Gasteiger charge is 2.40. The maximum Gasteiger partial charge on any atom is 0.149 e. The fraction of sp³-hybridized carbons (Fsp3) is 0.905. The molecule has 5 nitrogen and oxygen atoms in total. The molecule has 0 spiro atoms. The summed E-state index contributed by atoms with van der Waals surface area (Å²) in [6.45, 7) is 2.08. The van der Waals surface area contributed by atoms with E-state index < -0.39 is 24.4 Å². The number of aliphatic hydroxyl groups is 3. The molecule has 1 aliphatic heterocycles. The molecule has 1 rings (SSSR count). The first-order valence-corrected chi connectivity index (χ1v) is 10.6. The zero-order chi connectivity index (χ0) is 19.0. The first-order valence-electron chi connectivity index (χ1n) is 10.6. The Hall–Kier alpha value is -0.620. The number of hydrogen-bond acceptors (Lipinski definition) is 5. The van der Waals surface area contributed by atoms with Gasteiger partial charge in [-0.3, -0.25) is 0 Å². The summed E-state index contributed by atoms with van der Waals surface area (Å²) >= 11 is 0. The summed E-state index contributed by atoms with van der Waals surface area (Å²) < 4.78 is 10.7. The lowest BCUT2D eigenvalue weighted by molar-refractivity contribution is -0.0737. The highest BCUT2D eigenvalue weighted by molar-refractivity contribution is 4.90. The third-order valence-electron chi connectivity index (χ3n) is 5.06. The van der Waals surface area contributed by atoms with E-state index in [2.05, 4.69) is 6.92 Å². The van der Waals surface area contributed by atoms with E-state index in [1.54, 1.807) is 6.26 Å². The number of allylic oxidation sites excluding steroid dienone is 1. The van der Waals surface area contributed by atoms with Crippen molar-refractivity contribution in [3.05, 3.63) is 12.3 Å². The molecule has 1 heterocycles. The molecule has 1 aliphatic rings. The van der Waals surface area contributed by atoms with Crippen LogP contribution in [0.15, 0.2) is 12.3 Å². The summed E-state index contributed by atoms with van der Waals surface area (Å²) in [6.07, 6.45) is 15.9. The topological polar surface area (TPSA) is 79.2 Å². The van der Waals surface area contributed by atoms with Gasteiger partial charge in [0.2, 0.25) is 0 Å². The van der Waals surface area contributed by atoms with Crippen molar-refractivity contribution in [1.29, 1.82) is 0 Å². The van der Waals surface area contributed by atoms with E-state index in [0.717, 1.165) is 12.8 Å². The highest BCUT2D eigenvalue weighted by atomic mass is 16.6. The maximum atomic E-state index is 9.78. The van der Waals surface area contributed by atoms with E-state index >= 15 is 0 Å². The van der Waals surface area contributed by atoms with Crippen molar-refractivity contribution in [3.63, 3.8) is 0 Å². The van der Waals surface area contributed by atoms with Gasteiger partial charge in [0, 0.05) is 0 Å². The summed E-state index contributed by atoms with van der Waals surface area (Å²) in [5, 5.41) is 28.6. The van der Waals surface area contributed by atoms with Gasteiger partial charge in [-0.2, -0.15) is 0 Å². The average Bonchev–Trinajstić information content (AvgIpc) is 2.98. The van der Waals surface area contributed by atoms with Gasteiger partial charge in [0.1, 0.15) is 24.4 Å². The molecule has 0 unspecified atom stereocenters. The minimum atomic E-state index is -1.01. The van der Waals surface area contributed by atoms with Gasteiger partial charge < -0.3 is 24.8 Å². The van der Waals surface area contributed by atoms with E-state index in [1.807, 2.05) is 6.08 Å². The van der Waals surface area contributed by atoms with Crippen LogP contribution in [0.1, 0.15) is 84.0 Å². The Kier molecular flexibility index (Phi) is 13.9. The molecule has 154 valence electrons. The van der Waals surface area contributed by atoms with Crippen molar-refractivity contribution in [2.24, 2.45) is 0 Å². The number of ether oxygens (including phenoxy) is 2. The molecule has 0 aliphatic carbocycles. The minimum absolute atomic E-state index is 0.0775.